The van der Waals surface area contributed by atoms with Crippen molar-refractivity contribution in [1.82, 2.24) is 0 Å². The molecule has 21 heavy (non-hydrogen) atoms. The fraction of sp³-hybridized carbons (Fsp3) is 0.588. The van der Waals surface area contributed by atoms with Crippen molar-refractivity contribution in [2.45, 2.75) is 39.5 Å². The molecule has 1 fully saturated rings. The molecule has 0 spiro atoms. The fourth-order valence-corrected chi connectivity index (χ4v) is 3.04. The zero-order chi connectivity index (χ0) is 14.6. The Kier molecular flexibility index (Phi) is 6.85. The van der Waals surface area contributed by atoms with E-state index in [0.29, 0.717) is 19.6 Å². The number of nitrogens with zero attached hydrogens (tertiary/aromatic N) is 1. The number of aryl methyl sites for hydroxylation is 1. The van der Waals surface area contributed by atoms with E-state index in [4.69, 9.17) is 0 Å². The molecule has 1 saturated heterocycles. The molecule has 0 amide bonds. The molecular weight excluding hydrogens is 286 g/mol. The second kappa shape index (κ2) is 7.92. The normalized spacial score (nSPS) is 18.6. The smallest absolute Gasteiger partial charge is 0.171 e. The number of halogens is 1. The van der Waals surface area contributed by atoms with Crippen LogP contribution in [-0.4, -0.2) is 30.1 Å². The highest BCUT2D eigenvalue weighted by atomic mass is 35.5. The van der Waals surface area contributed by atoms with Crippen molar-refractivity contribution in [3.63, 3.8) is 0 Å². The summed E-state index contributed by atoms with van der Waals surface area (Å²) in [5.74, 6) is -0.0929. The summed E-state index contributed by atoms with van der Waals surface area (Å²) in [6.07, 6.45) is 4.12. The largest absolute Gasteiger partial charge is 0.633 e. The summed E-state index contributed by atoms with van der Waals surface area (Å²) in [6.45, 7) is 5.76. The summed E-state index contributed by atoms with van der Waals surface area (Å²) >= 11 is 0. The van der Waals surface area contributed by atoms with Crippen LogP contribution in [0.15, 0.2) is 24.3 Å². The van der Waals surface area contributed by atoms with Crippen LogP contribution in [0.3, 0.4) is 0 Å². The zero-order valence-corrected chi connectivity index (χ0v) is 13.8. The van der Waals surface area contributed by atoms with Crippen molar-refractivity contribution in [3.05, 3.63) is 40.6 Å². The van der Waals surface area contributed by atoms with E-state index < -0.39 is 0 Å². The molecule has 1 aromatic rings. The monoisotopic (exact) mass is 311 g/mol. The Bertz CT molecular complexity index is 452. The van der Waals surface area contributed by atoms with Crippen LogP contribution in [0.25, 0.3) is 0 Å². The molecule has 118 valence electrons. The molecule has 0 radical (unpaired) electrons. The van der Waals surface area contributed by atoms with Gasteiger partial charge in [0.2, 0.25) is 0 Å². The molecule has 1 atom stereocenters. The number of benzene rings is 1. The number of quaternary nitrogens is 1. The standard InChI is InChI=1S/C17H25NO2.ClH/c1-3-15-7-9-16(10-8-15)17(19)14(2)13-18(20)11-5-4-6-12-18;/h7-10,14H,3-6,11-13H2,1-2H3;1H. The molecule has 1 unspecified atom stereocenters. The maximum atomic E-state index is 12.6. The lowest BCUT2D eigenvalue weighted by molar-refractivity contribution is -0.887. The van der Waals surface area contributed by atoms with Crippen LogP contribution in [-0.2, 0) is 6.42 Å². The minimum atomic E-state index is -0.196. The zero-order valence-electron chi connectivity index (χ0n) is 13.0. The van der Waals surface area contributed by atoms with Crippen molar-refractivity contribution >= 4 is 18.2 Å². The second-order valence-electron chi connectivity index (χ2n) is 6.06. The minimum absolute atomic E-state index is 0. The van der Waals surface area contributed by atoms with Gasteiger partial charge in [0.15, 0.2) is 5.78 Å². The summed E-state index contributed by atoms with van der Waals surface area (Å²) in [5, 5.41) is 12.6. The number of ketones is 1. The Morgan fingerprint density at radius 3 is 2.29 bits per heavy atom. The average Bonchev–Trinajstić information content (AvgIpc) is 2.47. The van der Waals surface area contributed by atoms with Crippen LogP contribution in [0.5, 0.6) is 0 Å². The van der Waals surface area contributed by atoms with Crippen molar-refractivity contribution in [2.24, 2.45) is 5.92 Å². The molecule has 1 aliphatic rings. The topological polar surface area (TPSA) is 40.1 Å². The number of hydrogen-bond acceptors (Lipinski definition) is 2. The van der Waals surface area contributed by atoms with Gasteiger partial charge in [0, 0.05) is 5.56 Å². The third-order valence-corrected chi connectivity index (χ3v) is 4.33. The van der Waals surface area contributed by atoms with Gasteiger partial charge < -0.3 is 9.85 Å². The molecule has 0 N–H and O–H groups in total. The first-order valence-electron chi connectivity index (χ1n) is 7.74. The van der Waals surface area contributed by atoms with Gasteiger partial charge in [-0.3, -0.25) is 4.79 Å². The molecule has 3 nitrogen and oxygen atoms in total. The van der Waals surface area contributed by atoms with E-state index in [1.54, 1.807) is 0 Å². The van der Waals surface area contributed by atoms with Crippen LogP contribution in [0, 0.1) is 11.1 Å². The number of carbonyl (C=O) groups excluding carboxylic acids is 1. The van der Waals surface area contributed by atoms with Crippen LogP contribution in [0.2, 0.25) is 0 Å². The number of piperidine rings is 1. The highest BCUT2D eigenvalue weighted by molar-refractivity contribution is 5.97. The quantitative estimate of drug-likeness (QED) is 0.468. The Labute approximate surface area is 133 Å². The van der Waals surface area contributed by atoms with Crippen LogP contribution in [0.1, 0.15) is 49.0 Å². The molecule has 2 rings (SSSR count). The van der Waals surface area contributed by atoms with E-state index in [1.165, 1.54) is 5.56 Å². The van der Waals surface area contributed by atoms with E-state index in [9.17, 15) is 10.0 Å². The number of rotatable bonds is 5. The van der Waals surface area contributed by atoms with Gasteiger partial charge in [0.25, 0.3) is 0 Å². The third-order valence-electron chi connectivity index (χ3n) is 4.33. The fourth-order valence-electron chi connectivity index (χ4n) is 3.04. The minimum Gasteiger partial charge on any atom is -0.633 e. The third kappa shape index (κ3) is 4.80. The number of hydroxylamine groups is 3. The maximum absolute atomic E-state index is 12.6. The Balaban J connectivity index is 0.00000220. The first-order valence-corrected chi connectivity index (χ1v) is 7.74. The molecular formula is C17H26ClNO2. The van der Waals surface area contributed by atoms with Crippen molar-refractivity contribution in [1.29, 1.82) is 0 Å². The van der Waals surface area contributed by atoms with Crippen LogP contribution in [0.4, 0.5) is 0 Å². The lowest BCUT2D eigenvalue weighted by Crippen LogP contribution is -2.49. The summed E-state index contributed by atoms with van der Waals surface area (Å²) in [5.41, 5.74) is 1.97. The summed E-state index contributed by atoms with van der Waals surface area (Å²) < 4.78 is -0.181. The first kappa shape index (κ1) is 18.1. The Hall–Kier alpha value is -0.900. The summed E-state index contributed by atoms with van der Waals surface area (Å²) in [7, 11) is 0. The number of Topliss-reactive ketones (excluding diaryl/α,β-unsaturated/α-hetero) is 1. The van der Waals surface area contributed by atoms with Crippen molar-refractivity contribution in [2.75, 3.05) is 19.6 Å². The van der Waals surface area contributed by atoms with Gasteiger partial charge in [-0.2, -0.15) is 0 Å². The summed E-state index contributed by atoms with van der Waals surface area (Å²) in [4.78, 5) is 12.4. The molecule has 1 heterocycles. The van der Waals surface area contributed by atoms with Gasteiger partial charge in [-0.25, -0.2) is 0 Å². The lowest BCUT2D eigenvalue weighted by atomic mass is 9.96. The Morgan fingerprint density at radius 1 is 1.19 bits per heavy atom. The second-order valence-corrected chi connectivity index (χ2v) is 6.06. The van der Waals surface area contributed by atoms with E-state index in [1.807, 2.05) is 31.2 Å². The maximum Gasteiger partial charge on any atom is 0.171 e. The lowest BCUT2D eigenvalue weighted by Gasteiger charge is -2.46. The van der Waals surface area contributed by atoms with Gasteiger partial charge in [0.05, 0.1) is 25.6 Å². The van der Waals surface area contributed by atoms with Crippen molar-refractivity contribution in [3.8, 4) is 0 Å². The predicted molar refractivity (Wildman–Crippen MR) is 88.6 cm³/mol. The molecule has 0 bridgehead atoms. The summed E-state index contributed by atoms with van der Waals surface area (Å²) in [6, 6.07) is 7.79. The number of carbonyl (C=O) groups is 1. The van der Waals surface area contributed by atoms with E-state index in [-0.39, 0.29) is 28.8 Å². The van der Waals surface area contributed by atoms with Gasteiger partial charge >= 0.3 is 0 Å². The molecule has 1 aromatic carbocycles. The predicted octanol–water partition coefficient (Wildman–Crippen LogP) is 3.99. The molecule has 0 aromatic heterocycles. The number of hydrogen-bond donors (Lipinski definition) is 0. The highest BCUT2D eigenvalue weighted by Crippen LogP contribution is 2.21. The highest BCUT2D eigenvalue weighted by Gasteiger charge is 2.27. The molecule has 1 aliphatic heterocycles. The average molecular weight is 312 g/mol. The molecule has 4 heteroatoms. The van der Waals surface area contributed by atoms with Crippen LogP contribution < -0.4 is 0 Å². The van der Waals surface area contributed by atoms with Gasteiger partial charge in [-0.05, 0) is 38.2 Å². The van der Waals surface area contributed by atoms with Crippen LogP contribution >= 0.6 is 12.4 Å². The van der Waals surface area contributed by atoms with E-state index in [0.717, 1.165) is 31.2 Å². The molecule has 0 aliphatic carbocycles. The number of likely N-dealkylation sites (tertiary alicyclic amines) is 1. The SMILES string of the molecule is CCc1ccc(C(=O)C(C)C[N+]2([O-])CCCCC2)cc1.Cl. The van der Waals surface area contributed by atoms with Gasteiger partial charge in [-0.15, -0.1) is 12.4 Å². The van der Waals surface area contributed by atoms with E-state index in [2.05, 4.69) is 6.92 Å². The van der Waals surface area contributed by atoms with Crippen molar-refractivity contribution < 1.29 is 9.44 Å². The van der Waals surface area contributed by atoms with Gasteiger partial charge in [-0.1, -0.05) is 31.2 Å². The molecule has 0 saturated carbocycles. The Morgan fingerprint density at radius 2 is 1.76 bits per heavy atom. The first-order chi connectivity index (χ1) is 9.54. The van der Waals surface area contributed by atoms with E-state index >= 15 is 0 Å². The van der Waals surface area contributed by atoms with Gasteiger partial charge in [0.1, 0.15) is 0 Å².